The number of amides is 8. The number of anilines is 4. The van der Waals surface area contributed by atoms with E-state index in [1.54, 1.807) is 86.6 Å². The van der Waals surface area contributed by atoms with Crippen LogP contribution >= 0.6 is 63.7 Å². The molecule has 8 amide bonds. The summed E-state index contributed by atoms with van der Waals surface area (Å²) in [6.07, 6.45) is 0. The molecule has 26 rings (SSSR count). The van der Waals surface area contributed by atoms with E-state index < -0.39 is 47.3 Å². The Balaban J connectivity index is 0.000000151. The van der Waals surface area contributed by atoms with Gasteiger partial charge in [-0.2, -0.15) is 0 Å². The molecule has 0 aliphatic carbocycles. The van der Waals surface area contributed by atoms with E-state index in [9.17, 15) is 38.4 Å². The van der Waals surface area contributed by atoms with Crippen molar-refractivity contribution in [1.29, 1.82) is 0 Å². The summed E-state index contributed by atoms with van der Waals surface area (Å²) in [5.41, 5.74) is 22.9. The van der Waals surface area contributed by atoms with Crippen LogP contribution in [0.25, 0.3) is 154 Å². The molecule has 0 fully saturated rings. The lowest BCUT2D eigenvalue weighted by atomic mass is 10.0. The number of carbonyl (C=O) groups is 8. The average Bonchev–Trinajstić information content (AvgIpc) is 1.57. The molecule has 22 aromatic rings. The summed E-state index contributed by atoms with van der Waals surface area (Å²) in [4.78, 5) is 122. The molecule has 0 bridgehead atoms. The Kier molecular flexibility index (Phi) is 19.5. The average molecular weight is 2050 g/mol. The highest BCUT2D eigenvalue weighted by atomic mass is 79.9. The lowest BCUT2D eigenvalue weighted by Crippen LogP contribution is -2.32. The Morgan fingerprint density at radius 3 is 0.623 bits per heavy atom. The second kappa shape index (κ2) is 32.2. The van der Waals surface area contributed by atoms with Gasteiger partial charge in [0.2, 0.25) is 0 Å². The van der Waals surface area contributed by atoms with Gasteiger partial charge in [0, 0.05) is 61.0 Å². The molecule has 8 heterocycles. The Hall–Kier alpha value is -16.4. The Morgan fingerprint density at radius 1 is 0.174 bits per heavy atom. The van der Waals surface area contributed by atoms with Gasteiger partial charge in [0.25, 0.3) is 47.3 Å². The maximum absolute atomic E-state index is 15.0. The summed E-state index contributed by atoms with van der Waals surface area (Å²) in [6.45, 7) is 3.56. The number of halogens is 4. The van der Waals surface area contributed by atoms with E-state index in [4.69, 9.17) is 0 Å². The molecule has 0 spiro atoms. The second-order valence-electron chi connectivity index (χ2n) is 34.9. The molecule has 656 valence electrons. The maximum Gasteiger partial charge on any atom is 0.268 e. The van der Waals surface area contributed by atoms with Gasteiger partial charge in [-0.25, -0.2) is 19.6 Å². The third-order valence-corrected chi connectivity index (χ3v) is 29.2. The van der Waals surface area contributed by atoms with Crippen molar-refractivity contribution in [1.82, 2.24) is 18.3 Å². The number of hydrogen-bond donors (Lipinski definition) is 0. The van der Waals surface area contributed by atoms with Crippen LogP contribution in [-0.4, -0.2) is 65.5 Å². The zero-order valence-corrected chi connectivity index (χ0v) is 79.5. The van der Waals surface area contributed by atoms with E-state index in [1.807, 2.05) is 167 Å². The molecule has 18 aromatic carbocycles. The Morgan fingerprint density at radius 2 is 0.384 bits per heavy atom. The molecule has 4 aromatic heterocycles. The van der Waals surface area contributed by atoms with Gasteiger partial charge in [0.1, 0.15) is 0 Å². The number of nitrogens with zero attached hydrogens (tertiary/aromatic N) is 8. The van der Waals surface area contributed by atoms with Crippen molar-refractivity contribution >= 4 is 221 Å². The van der Waals surface area contributed by atoms with Crippen molar-refractivity contribution in [3.05, 3.63) is 450 Å². The van der Waals surface area contributed by atoms with Gasteiger partial charge in [-0.3, -0.25) is 38.4 Å². The van der Waals surface area contributed by atoms with Crippen LogP contribution in [0.3, 0.4) is 0 Å². The molecule has 16 nitrogen and oxygen atoms in total. The summed E-state index contributed by atoms with van der Waals surface area (Å²) in [6, 6.07) is 122. The van der Waals surface area contributed by atoms with E-state index in [2.05, 4.69) is 218 Å². The first-order valence-electron chi connectivity index (χ1n) is 44.8. The summed E-state index contributed by atoms with van der Waals surface area (Å²) in [5.74, 6) is -3.70. The Labute approximate surface area is 821 Å². The fourth-order valence-corrected chi connectivity index (χ4v) is 22.4. The van der Waals surface area contributed by atoms with Crippen LogP contribution in [0.15, 0.2) is 394 Å². The molecular formula is C118H68Br4N8O8. The first-order chi connectivity index (χ1) is 67.3. The zero-order chi connectivity index (χ0) is 93.6. The molecule has 20 heteroatoms. The minimum Gasteiger partial charge on any atom is -0.308 e. The Bertz CT molecular complexity index is 8400. The quantitative estimate of drug-likeness (QED) is 0.109. The van der Waals surface area contributed by atoms with Crippen LogP contribution in [0.5, 0.6) is 0 Å². The maximum atomic E-state index is 15.0. The largest absolute Gasteiger partial charge is 0.308 e. The number of rotatable bonds is 12. The lowest BCUT2D eigenvalue weighted by molar-refractivity contribution is 0.0909. The first-order valence-corrected chi connectivity index (χ1v) is 47.9. The first kappa shape index (κ1) is 83.5. The van der Waals surface area contributed by atoms with Gasteiger partial charge in [-0.05, 0) is 276 Å². The molecule has 0 unspecified atom stereocenters. The van der Waals surface area contributed by atoms with Crippen LogP contribution in [-0.2, 0) is 0 Å². The smallest absolute Gasteiger partial charge is 0.268 e. The van der Waals surface area contributed by atoms with Gasteiger partial charge in [-0.1, -0.05) is 234 Å². The highest BCUT2D eigenvalue weighted by molar-refractivity contribution is 9.11. The number of imide groups is 4. The summed E-state index contributed by atoms with van der Waals surface area (Å²) < 4.78 is 11.9. The summed E-state index contributed by atoms with van der Waals surface area (Å²) in [7, 11) is 0. The molecule has 0 saturated heterocycles. The standard InChI is InChI=1S/C70H42N4O4.C48H26Br4N4O4/c75-67-53-23-13-25-63(73-59-35-27-47(43-15-5-1-6-16-43)39-55(59)56-40-48(28-36-60(56)73)44-17-7-2-8-18-44)65(53)69(77)71(67)51-31-33-52(34-32-51)72-68(76)54-24-14-26-64(66(54)70(72)78)74-61-37-29-49(45-19-9-3-10-20-45)41-57(61)58-42-50(30-38-62(58)74)46-21-11-4-12-22-46;1-23-17-42(56-46(58)30-6-4-8-40(44(30)48(56)60)54-37-15-11-27(51)21-33(37)34-22-28(52)12-16-38(34)54)24(2)18-41(23)55-45(57)29-5-3-7-39(43(29)47(55)59)53-35-13-9-25(49)19-31(35)32-20-26(50)10-14-36(32)53/h1-42H;3-22H,1-2H3. The lowest BCUT2D eigenvalue weighted by Gasteiger charge is -2.22. The molecule has 4 aliphatic heterocycles. The van der Waals surface area contributed by atoms with Crippen molar-refractivity contribution in [2.24, 2.45) is 0 Å². The number of benzene rings is 18. The van der Waals surface area contributed by atoms with Crippen LogP contribution in [0, 0.1) is 13.8 Å². The van der Waals surface area contributed by atoms with Crippen molar-refractivity contribution in [2.45, 2.75) is 13.8 Å². The predicted molar refractivity (Wildman–Crippen MR) is 563 cm³/mol. The number of fused-ring (bicyclic) bond motifs is 16. The highest BCUT2D eigenvalue weighted by Gasteiger charge is 2.46. The van der Waals surface area contributed by atoms with E-state index in [-0.39, 0.29) is 22.3 Å². The zero-order valence-electron chi connectivity index (χ0n) is 73.2. The third kappa shape index (κ3) is 12.9. The van der Waals surface area contributed by atoms with Crippen molar-refractivity contribution in [3.8, 4) is 67.3 Å². The fraction of sp³-hybridized carbons (Fsp3) is 0.0169. The number of carbonyl (C=O) groups excluding carboxylic acids is 8. The van der Waals surface area contributed by atoms with Gasteiger partial charge in [0.05, 0.1) is 134 Å². The minimum atomic E-state index is -0.474. The van der Waals surface area contributed by atoms with Crippen LogP contribution < -0.4 is 19.6 Å². The van der Waals surface area contributed by atoms with E-state index in [1.165, 1.54) is 19.6 Å². The molecule has 0 radical (unpaired) electrons. The van der Waals surface area contributed by atoms with Crippen LogP contribution in [0.1, 0.15) is 94.0 Å². The van der Waals surface area contributed by atoms with Crippen LogP contribution in [0.2, 0.25) is 0 Å². The third-order valence-electron chi connectivity index (χ3n) is 27.2. The molecule has 0 saturated carbocycles. The van der Waals surface area contributed by atoms with E-state index in [0.717, 1.165) is 150 Å². The fourth-order valence-electron chi connectivity index (χ4n) is 21.0. The normalized spacial score (nSPS) is 13.5. The van der Waals surface area contributed by atoms with Gasteiger partial charge in [-0.15, -0.1) is 0 Å². The van der Waals surface area contributed by atoms with E-state index >= 15 is 0 Å². The molecule has 4 aliphatic rings. The molecule has 138 heavy (non-hydrogen) atoms. The second-order valence-corrected chi connectivity index (χ2v) is 38.6. The number of hydrogen-bond acceptors (Lipinski definition) is 8. The van der Waals surface area contributed by atoms with Crippen molar-refractivity contribution in [2.75, 3.05) is 19.6 Å². The van der Waals surface area contributed by atoms with Crippen LogP contribution in [0.4, 0.5) is 22.7 Å². The monoisotopic (exact) mass is 2040 g/mol. The minimum absolute atomic E-state index is 0.281. The van der Waals surface area contributed by atoms with Gasteiger partial charge >= 0.3 is 0 Å². The molecular weight excluding hydrogens is 1980 g/mol. The number of aryl methyl sites for hydroxylation is 2. The number of aromatic nitrogens is 4. The highest BCUT2D eigenvalue weighted by Crippen LogP contribution is 2.49. The topological polar surface area (TPSA) is 169 Å². The van der Waals surface area contributed by atoms with Gasteiger partial charge in [0.15, 0.2) is 0 Å². The molecule has 0 N–H and O–H groups in total. The van der Waals surface area contributed by atoms with Crippen molar-refractivity contribution < 1.29 is 38.4 Å². The van der Waals surface area contributed by atoms with Gasteiger partial charge < -0.3 is 18.3 Å². The van der Waals surface area contributed by atoms with E-state index in [0.29, 0.717) is 78.9 Å². The molecule has 0 atom stereocenters. The SMILES string of the molecule is Cc1cc(N2C(=O)c3cccc(-n4c5ccc(Br)cc5c5cc(Br)ccc54)c3C2=O)c(C)cc1N1C(=O)c2cccc(-n3c4ccc(Br)cc4c4cc(Br)ccc43)c2C1=O.O=C1c2cccc(-n3c4ccc(-c5ccccc5)cc4c4cc(-c5ccccc5)ccc43)c2C(=O)N1c1ccc(N2C(=O)c3cccc(-n4c5ccc(-c6ccccc6)cc5c5cc(-c6ccccc6)ccc54)c3C2=O)cc1. The predicted octanol–water partition coefficient (Wildman–Crippen LogP) is 29.3. The van der Waals surface area contributed by atoms with Crippen molar-refractivity contribution in [3.63, 3.8) is 0 Å². The summed E-state index contributed by atoms with van der Waals surface area (Å²) in [5, 5.41) is 8.01. The summed E-state index contributed by atoms with van der Waals surface area (Å²) >= 11 is 14.5.